The molecule has 0 radical (unpaired) electrons. The van der Waals surface area contributed by atoms with Gasteiger partial charge >= 0.3 is 6.18 Å². The number of H-pyrrole nitrogens is 1. The second-order valence-corrected chi connectivity index (χ2v) is 4.77. The first-order valence-corrected chi connectivity index (χ1v) is 6.96. The van der Waals surface area contributed by atoms with Crippen LogP contribution in [0.3, 0.4) is 0 Å². The molecule has 0 aliphatic rings. The lowest BCUT2D eigenvalue weighted by Gasteiger charge is -2.12. The zero-order chi connectivity index (χ0) is 17.3. The Hall–Kier alpha value is -2.97. The number of benzene rings is 1. The minimum Gasteiger partial charge on any atom is -0.477 e. The van der Waals surface area contributed by atoms with Crippen molar-refractivity contribution < 1.29 is 17.9 Å². The smallest absolute Gasteiger partial charge is 0.417 e. The van der Waals surface area contributed by atoms with E-state index in [4.69, 9.17) is 4.74 Å². The number of hydrogen-bond donors (Lipinski definition) is 1. The SMILES string of the molecule is CCOc1ncnc2nc(-c3ccccc3C(F)(F)F)[nH]c(=O)c12. The van der Waals surface area contributed by atoms with Crippen molar-refractivity contribution >= 4 is 11.0 Å². The molecule has 0 bridgehead atoms. The molecule has 1 N–H and O–H groups in total. The van der Waals surface area contributed by atoms with Crippen molar-refractivity contribution in [3.8, 4) is 17.3 Å². The standard InChI is InChI=1S/C15H11F3N4O2/c1-2-24-14-10-12(19-7-20-14)21-11(22-13(10)23)8-5-3-4-6-9(8)15(16,17)18/h3-7H,2H2,1H3,(H,19,20,21,22,23). The van der Waals surface area contributed by atoms with Crippen molar-refractivity contribution in [3.05, 3.63) is 46.5 Å². The van der Waals surface area contributed by atoms with Crippen molar-refractivity contribution in [2.24, 2.45) is 0 Å². The zero-order valence-electron chi connectivity index (χ0n) is 12.4. The number of aromatic nitrogens is 4. The third kappa shape index (κ3) is 2.80. The Labute approximate surface area is 133 Å². The summed E-state index contributed by atoms with van der Waals surface area (Å²) < 4.78 is 44.7. The first-order valence-electron chi connectivity index (χ1n) is 6.96. The normalized spacial score (nSPS) is 11.7. The summed E-state index contributed by atoms with van der Waals surface area (Å²) in [4.78, 5) is 26.4. The van der Waals surface area contributed by atoms with Gasteiger partial charge in [-0.05, 0) is 13.0 Å². The van der Waals surface area contributed by atoms with Gasteiger partial charge in [0, 0.05) is 5.56 Å². The molecule has 0 fully saturated rings. The van der Waals surface area contributed by atoms with Gasteiger partial charge in [-0.15, -0.1) is 0 Å². The van der Waals surface area contributed by atoms with E-state index in [1.165, 1.54) is 18.2 Å². The van der Waals surface area contributed by atoms with Crippen LogP contribution >= 0.6 is 0 Å². The maximum absolute atomic E-state index is 13.1. The molecule has 0 atom stereocenters. The zero-order valence-corrected chi connectivity index (χ0v) is 12.4. The molecule has 6 nitrogen and oxygen atoms in total. The molecule has 2 aromatic heterocycles. The van der Waals surface area contributed by atoms with Crippen molar-refractivity contribution in [1.29, 1.82) is 0 Å². The van der Waals surface area contributed by atoms with E-state index in [2.05, 4.69) is 19.9 Å². The molecule has 1 aromatic carbocycles. The Morgan fingerprint density at radius 2 is 1.96 bits per heavy atom. The highest BCUT2D eigenvalue weighted by Gasteiger charge is 2.34. The van der Waals surface area contributed by atoms with E-state index in [1.807, 2.05) is 0 Å². The Balaban J connectivity index is 2.26. The molecule has 3 rings (SSSR count). The van der Waals surface area contributed by atoms with Crippen LogP contribution in [0.5, 0.6) is 5.88 Å². The van der Waals surface area contributed by atoms with E-state index in [0.29, 0.717) is 0 Å². The number of fused-ring (bicyclic) bond motifs is 1. The molecule has 3 aromatic rings. The van der Waals surface area contributed by atoms with E-state index < -0.39 is 17.3 Å². The molecule has 9 heteroatoms. The highest BCUT2D eigenvalue weighted by atomic mass is 19.4. The predicted molar refractivity (Wildman–Crippen MR) is 79.6 cm³/mol. The van der Waals surface area contributed by atoms with Crippen molar-refractivity contribution in [2.75, 3.05) is 6.61 Å². The maximum atomic E-state index is 13.1. The maximum Gasteiger partial charge on any atom is 0.417 e. The van der Waals surface area contributed by atoms with Gasteiger partial charge in [0.05, 0.1) is 12.2 Å². The van der Waals surface area contributed by atoms with Crippen LogP contribution in [0.1, 0.15) is 12.5 Å². The molecular weight excluding hydrogens is 325 g/mol. The number of alkyl halides is 3. The Morgan fingerprint density at radius 3 is 2.67 bits per heavy atom. The Morgan fingerprint density at radius 1 is 1.21 bits per heavy atom. The van der Waals surface area contributed by atoms with Crippen LogP contribution in [0.2, 0.25) is 0 Å². The van der Waals surface area contributed by atoms with E-state index in [-0.39, 0.29) is 34.9 Å². The van der Waals surface area contributed by atoms with E-state index >= 15 is 0 Å². The van der Waals surface area contributed by atoms with Crippen molar-refractivity contribution in [3.63, 3.8) is 0 Å². The highest BCUT2D eigenvalue weighted by Crippen LogP contribution is 2.35. The van der Waals surface area contributed by atoms with Crippen LogP contribution in [-0.2, 0) is 6.18 Å². The Bertz CT molecular complexity index is 953. The highest BCUT2D eigenvalue weighted by molar-refractivity contribution is 5.80. The minimum atomic E-state index is -4.58. The van der Waals surface area contributed by atoms with Crippen LogP contribution in [-0.4, -0.2) is 26.5 Å². The number of rotatable bonds is 3. The van der Waals surface area contributed by atoms with Crippen molar-refractivity contribution in [1.82, 2.24) is 19.9 Å². The van der Waals surface area contributed by atoms with E-state index in [0.717, 1.165) is 12.4 Å². The lowest BCUT2D eigenvalue weighted by Crippen LogP contribution is -2.15. The second-order valence-electron chi connectivity index (χ2n) is 4.77. The largest absolute Gasteiger partial charge is 0.477 e. The fraction of sp³-hybridized carbons (Fsp3) is 0.200. The third-order valence-electron chi connectivity index (χ3n) is 3.24. The molecule has 24 heavy (non-hydrogen) atoms. The average Bonchev–Trinajstić information content (AvgIpc) is 2.54. The first kappa shape index (κ1) is 15.9. The van der Waals surface area contributed by atoms with Gasteiger partial charge in [0.15, 0.2) is 5.65 Å². The second kappa shape index (κ2) is 5.91. The number of hydrogen-bond acceptors (Lipinski definition) is 5. The molecule has 124 valence electrons. The van der Waals surface area contributed by atoms with Crippen molar-refractivity contribution in [2.45, 2.75) is 13.1 Å². The van der Waals surface area contributed by atoms with Gasteiger partial charge in [-0.2, -0.15) is 13.2 Å². The molecule has 0 spiro atoms. The monoisotopic (exact) mass is 336 g/mol. The first-order chi connectivity index (χ1) is 11.4. The number of aromatic amines is 1. The van der Waals surface area contributed by atoms with Gasteiger partial charge in [-0.25, -0.2) is 15.0 Å². The molecule has 0 aliphatic carbocycles. The lowest BCUT2D eigenvalue weighted by atomic mass is 10.1. The Kier molecular flexibility index (Phi) is 3.92. The molecule has 0 amide bonds. The van der Waals surface area contributed by atoms with Crippen LogP contribution in [0.15, 0.2) is 35.4 Å². The summed E-state index contributed by atoms with van der Waals surface area (Å²) in [5, 5.41) is -0.00686. The fourth-order valence-electron chi connectivity index (χ4n) is 2.26. The van der Waals surface area contributed by atoms with E-state index in [1.54, 1.807) is 6.92 Å². The van der Waals surface area contributed by atoms with Gasteiger partial charge in [0.1, 0.15) is 17.5 Å². The minimum absolute atomic E-state index is 0.00686. The lowest BCUT2D eigenvalue weighted by molar-refractivity contribution is -0.137. The van der Waals surface area contributed by atoms with Gasteiger partial charge in [-0.3, -0.25) is 4.79 Å². The summed E-state index contributed by atoms with van der Waals surface area (Å²) in [5.74, 6) is -0.187. The van der Waals surface area contributed by atoms with Gasteiger partial charge in [0.2, 0.25) is 5.88 Å². The van der Waals surface area contributed by atoms with Crippen LogP contribution in [0, 0.1) is 0 Å². The molecule has 2 heterocycles. The van der Waals surface area contributed by atoms with Gasteiger partial charge < -0.3 is 9.72 Å². The summed E-state index contributed by atoms with van der Waals surface area (Å²) in [5.41, 5.74) is -1.84. The number of ether oxygens (including phenoxy) is 1. The van der Waals surface area contributed by atoms with Crippen LogP contribution < -0.4 is 10.3 Å². The predicted octanol–water partition coefficient (Wildman–Crippen LogP) is 2.80. The summed E-state index contributed by atoms with van der Waals surface area (Å²) in [7, 11) is 0. The van der Waals surface area contributed by atoms with Gasteiger partial charge in [0.25, 0.3) is 5.56 Å². The molecule has 0 aliphatic heterocycles. The fourth-order valence-corrected chi connectivity index (χ4v) is 2.26. The summed E-state index contributed by atoms with van der Waals surface area (Å²) in [6, 6.07) is 4.85. The number of nitrogens with zero attached hydrogens (tertiary/aromatic N) is 3. The number of nitrogens with one attached hydrogen (secondary N) is 1. The quantitative estimate of drug-likeness (QED) is 0.795. The molecule has 0 saturated carbocycles. The average molecular weight is 336 g/mol. The molecule has 0 unspecified atom stereocenters. The summed E-state index contributed by atoms with van der Waals surface area (Å²) >= 11 is 0. The third-order valence-corrected chi connectivity index (χ3v) is 3.24. The van der Waals surface area contributed by atoms with Crippen LogP contribution in [0.4, 0.5) is 13.2 Å². The summed E-state index contributed by atoms with van der Waals surface area (Å²) in [6.45, 7) is 1.98. The number of halogens is 3. The van der Waals surface area contributed by atoms with Crippen LogP contribution in [0.25, 0.3) is 22.4 Å². The molecular formula is C15H11F3N4O2. The topological polar surface area (TPSA) is 80.8 Å². The van der Waals surface area contributed by atoms with E-state index in [9.17, 15) is 18.0 Å². The summed E-state index contributed by atoms with van der Waals surface area (Å²) in [6.07, 6.45) is -3.44. The molecule has 0 saturated heterocycles. The van der Waals surface area contributed by atoms with Gasteiger partial charge in [-0.1, -0.05) is 18.2 Å².